The van der Waals surface area contributed by atoms with Crippen molar-refractivity contribution in [3.8, 4) is 0 Å². The summed E-state index contributed by atoms with van der Waals surface area (Å²) in [6, 6.07) is 0.883. The molecule has 0 fully saturated rings. The van der Waals surface area contributed by atoms with Gasteiger partial charge in [0.1, 0.15) is 11.7 Å². The van der Waals surface area contributed by atoms with E-state index in [2.05, 4.69) is 10.6 Å². The zero-order valence-electron chi connectivity index (χ0n) is 12.4. The molecular formula is C13H14F3N3O5. The first-order valence-electron chi connectivity index (χ1n) is 6.64. The minimum atomic E-state index is -4.71. The zero-order valence-corrected chi connectivity index (χ0v) is 12.4. The van der Waals surface area contributed by atoms with Crippen LogP contribution >= 0.6 is 0 Å². The summed E-state index contributed by atoms with van der Waals surface area (Å²) in [6.45, 7) is 1.14. The van der Waals surface area contributed by atoms with Crippen LogP contribution in [0.3, 0.4) is 0 Å². The predicted molar refractivity (Wildman–Crippen MR) is 76.4 cm³/mol. The molecule has 0 spiro atoms. The molecule has 1 aromatic carbocycles. The van der Waals surface area contributed by atoms with Crippen LogP contribution in [0.1, 0.15) is 18.9 Å². The summed E-state index contributed by atoms with van der Waals surface area (Å²) in [7, 11) is 0. The number of halogens is 3. The number of anilines is 1. The van der Waals surface area contributed by atoms with Crippen LogP contribution in [0, 0.1) is 10.1 Å². The largest absolute Gasteiger partial charge is 0.480 e. The van der Waals surface area contributed by atoms with Crippen LogP contribution in [-0.2, 0) is 15.8 Å². The number of nitro groups is 1. The van der Waals surface area contributed by atoms with Gasteiger partial charge in [0.25, 0.3) is 5.69 Å². The van der Waals surface area contributed by atoms with E-state index in [9.17, 15) is 32.9 Å². The summed E-state index contributed by atoms with van der Waals surface area (Å²) in [5.74, 6) is -1.85. The molecule has 1 rings (SSSR count). The number of hydrogen-bond acceptors (Lipinski definition) is 5. The lowest BCUT2D eigenvalue weighted by molar-refractivity contribution is -0.384. The van der Waals surface area contributed by atoms with E-state index in [1.807, 2.05) is 0 Å². The molecule has 0 bridgehead atoms. The second-order valence-corrected chi connectivity index (χ2v) is 4.79. The molecule has 8 nitrogen and oxygen atoms in total. The van der Waals surface area contributed by atoms with Gasteiger partial charge in [0.2, 0.25) is 5.91 Å². The third-order valence-electron chi connectivity index (χ3n) is 2.94. The molecule has 1 atom stereocenters. The minimum Gasteiger partial charge on any atom is -0.480 e. The summed E-state index contributed by atoms with van der Waals surface area (Å²) in [5.41, 5.74) is -2.11. The van der Waals surface area contributed by atoms with Gasteiger partial charge in [0.15, 0.2) is 0 Å². The van der Waals surface area contributed by atoms with E-state index in [0.29, 0.717) is 12.1 Å². The number of hydrogen-bond donors (Lipinski definition) is 3. The van der Waals surface area contributed by atoms with Crippen molar-refractivity contribution < 1.29 is 32.8 Å². The molecule has 0 aliphatic heterocycles. The molecule has 11 heteroatoms. The predicted octanol–water partition coefficient (Wildman–Crippen LogP) is 2.00. The van der Waals surface area contributed by atoms with Crippen molar-refractivity contribution in [2.45, 2.75) is 25.6 Å². The first kappa shape index (κ1) is 19.2. The first-order valence-corrected chi connectivity index (χ1v) is 6.64. The summed E-state index contributed by atoms with van der Waals surface area (Å²) in [6.07, 6.45) is -4.92. The summed E-state index contributed by atoms with van der Waals surface area (Å²) in [4.78, 5) is 31.9. The van der Waals surface area contributed by atoms with Crippen LogP contribution in [0.25, 0.3) is 0 Å². The van der Waals surface area contributed by atoms with Gasteiger partial charge in [-0.1, -0.05) is 0 Å². The molecule has 1 aromatic rings. The molecule has 1 amide bonds. The van der Waals surface area contributed by atoms with Gasteiger partial charge < -0.3 is 15.7 Å². The highest BCUT2D eigenvalue weighted by Gasteiger charge is 2.33. The van der Waals surface area contributed by atoms with Crippen molar-refractivity contribution in [2.75, 3.05) is 11.9 Å². The number of alkyl halides is 3. The number of nitro benzene ring substituents is 1. The highest BCUT2D eigenvalue weighted by molar-refractivity contribution is 5.83. The quantitative estimate of drug-likeness (QED) is 0.511. The molecule has 1 unspecified atom stereocenters. The number of benzene rings is 1. The third kappa shape index (κ3) is 5.41. The zero-order chi connectivity index (χ0) is 18.5. The summed E-state index contributed by atoms with van der Waals surface area (Å²) in [5, 5.41) is 24.2. The number of carboxylic acids is 1. The molecule has 0 heterocycles. The Labute approximate surface area is 133 Å². The van der Waals surface area contributed by atoms with E-state index < -0.39 is 40.3 Å². The highest BCUT2D eigenvalue weighted by Crippen LogP contribution is 2.34. The number of carboxylic acid groups (broad SMARTS) is 1. The Balaban J connectivity index is 2.73. The van der Waals surface area contributed by atoms with Gasteiger partial charge in [0.05, 0.1) is 10.5 Å². The molecule has 0 saturated heterocycles. The van der Waals surface area contributed by atoms with Gasteiger partial charge in [-0.05, 0) is 19.1 Å². The standard InChI is InChI=1S/C13H14F3N3O5/c1-7(12(21)22)18-11(20)4-5-17-9-3-2-8(13(14,15)16)6-10(9)19(23)24/h2-3,6-7,17H,4-5H2,1H3,(H,18,20)(H,21,22). The van der Waals surface area contributed by atoms with Gasteiger partial charge in [-0.15, -0.1) is 0 Å². The molecule has 3 N–H and O–H groups in total. The van der Waals surface area contributed by atoms with Crippen molar-refractivity contribution in [1.82, 2.24) is 5.32 Å². The number of rotatable bonds is 7. The van der Waals surface area contributed by atoms with Gasteiger partial charge in [0, 0.05) is 19.0 Å². The van der Waals surface area contributed by atoms with Crippen LogP contribution in [0.4, 0.5) is 24.5 Å². The van der Waals surface area contributed by atoms with Crippen molar-refractivity contribution in [1.29, 1.82) is 0 Å². The van der Waals surface area contributed by atoms with E-state index in [4.69, 9.17) is 5.11 Å². The summed E-state index contributed by atoms with van der Waals surface area (Å²) >= 11 is 0. The number of nitrogens with zero attached hydrogens (tertiary/aromatic N) is 1. The maximum atomic E-state index is 12.6. The Hall–Kier alpha value is -2.85. The van der Waals surface area contributed by atoms with E-state index in [-0.39, 0.29) is 18.7 Å². The second-order valence-electron chi connectivity index (χ2n) is 4.79. The fourth-order valence-corrected chi connectivity index (χ4v) is 1.69. The fraction of sp³-hybridized carbons (Fsp3) is 0.385. The molecular weight excluding hydrogens is 335 g/mol. The molecule has 132 valence electrons. The van der Waals surface area contributed by atoms with Gasteiger partial charge in [-0.3, -0.25) is 19.7 Å². The SMILES string of the molecule is CC(NC(=O)CCNc1ccc(C(F)(F)F)cc1[N+](=O)[O-])C(=O)O. The van der Waals surface area contributed by atoms with E-state index in [0.717, 1.165) is 6.07 Å². The van der Waals surface area contributed by atoms with E-state index in [1.54, 1.807) is 0 Å². The van der Waals surface area contributed by atoms with Crippen molar-refractivity contribution >= 4 is 23.3 Å². The van der Waals surface area contributed by atoms with Gasteiger partial charge in [-0.2, -0.15) is 13.2 Å². The van der Waals surface area contributed by atoms with E-state index in [1.165, 1.54) is 6.92 Å². The molecule has 0 aliphatic rings. The number of aliphatic carboxylic acids is 1. The monoisotopic (exact) mass is 349 g/mol. The minimum absolute atomic E-state index is 0.121. The van der Waals surface area contributed by atoms with Gasteiger partial charge in [-0.25, -0.2) is 0 Å². The van der Waals surface area contributed by atoms with Crippen molar-refractivity contribution in [3.63, 3.8) is 0 Å². The Morgan fingerprint density at radius 2 is 2.00 bits per heavy atom. The lowest BCUT2D eigenvalue weighted by Gasteiger charge is -2.11. The van der Waals surface area contributed by atoms with Crippen LogP contribution in [0.2, 0.25) is 0 Å². The normalized spacial score (nSPS) is 12.3. The Kier molecular flexibility index (Phi) is 6.09. The Morgan fingerprint density at radius 3 is 2.50 bits per heavy atom. The van der Waals surface area contributed by atoms with Crippen LogP contribution in [-0.4, -0.2) is 34.5 Å². The van der Waals surface area contributed by atoms with Crippen LogP contribution in [0.5, 0.6) is 0 Å². The average molecular weight is 349 g/mol. The average Bonchev–Trinajstić information content (AvgIpc) is 2.45. The fourth-order valence-electron chi connectivity index (χ4n) is 1.69. The summed E-state index contributed by atoms with van der Waals surface area (Å²) < 4.78 is 37.7. The van der Waals surface area contributed by atoms with Crippen LogP contribution < -0.4 is 10.6 Å². The third-order valence-corrected chi connectivity index (χ3v) is 2.94. The van der Waals surface area contributed by atoms with E-state index >= 15 is 0 Å². The molecule has 0 aromatic heterocycles. The highest BCUT2D eigenvalue weighted by atomic mass is 19.4. The molecule has 0 saturated carbocycles. The van der Waals surface area contributed by atoms with Crippen LogP contribution in [0.15, 0.2) is 18.2 Å². The van der Waals surface area contributed by atoms with Crippen molar-refractivity contribution in [2.24, 2.45) is 0 Å². The lowest BCUT2D eigenvalue weighted by atomic mass is 10.1. The molecule has 0 radical (unpaired) electrons. The second kappa shape index (κ2) is 7.62. The number of carbonyl (C=O) groups is 2. The molecule has 24 heavy (non-hydrogen) atoms. The van der Waals surface area contributed by atoms with Crippen molar-refractivity contribution in [3.05, 3.63) is 33.9 Å². The Morgan fingerprint density at radius 1 is 1.38 bits per heavy atom. The first-order chi connectivity index (χ1) is 11.0. The maximum Gasteiger partial charge on any atom is 0.416 e. The number of carbonyl (C=O) groups excluding carboxylic acids is 1. The number of nitrogens with one attached hydrogen (secondary N) is 2. The Bertz CT molecular complexity index is 648. The lowest BCUT2D eigenvalue weighted by Crippen LogP contribution is -2.38. The van der Waals surface area contributed by atoms with Gasteiger partial charge >= 0.3 is 12.1 Å². The topological polar surface area (TPSA) is 122 Å². The maximum absolute atomic E-state index is 12.6. The number of amides is 1. The molecule has 0 aliphatic carbocycles. The smallest absolute Gasteiger partial charge is 0.416 e.